The van der Waals surface area contributed by atoms with Crippen molar-refractivity contribution < 1.29 is 28.9 Å². The number of benzene rings is 1. The molecule has 1 N–H and O–H groups in total. The largest absolute Gasteiger partial charge is 0.486 e. The number of carbonyl (C=O) groups excluding carboxylic acids is 1. The summed E-state index contributed by atoms with van der Waals surface area (Å²) in [6.07, 6.45) is 0.204. The van der Waals surface area contributed by atoms with E-state index in [4.69, 9.17) is 14.2 Å². The number of aliphatic carboxylic acids is 1. The minimum absolute atomic E-state index is 0.122. The van der Waals surface area contributed by atoms with Crippen LogP contribution in [0.5, 0.6) is 11.5 Å². The van der Waals surface area contributed by atoms with Crippen molar-refractivity contribution in [2.45, 2.75) is 25.0 Å². The molecule has 124 valence electrons. The van der Waals surface area contributed by atoms with E-state index in [9.17, 15) is 14.7 Å². The summed E-state index contributed by atoms with van der Waals surface area (Å²) in [4.78, 5) is 25.2. The Morgan fingerprint density at radius 1 is 1.30 bits per heavy atom. The van der Waals surface area contributed by atoms with Gasteiger partial charge in [0, 0.05) is 20.1 Å². The normalized spacial score (nSPS) is 22.9. The van der Waals surface area contributed by atoms with Crippen molar-refractivity contribution in [1.82, 2.24) is 4.90 Å². The van der Waals surface area contributed by atoms with Crippen LogP contribution in [0, 0.1) is 0 Å². The van der Waals surface area contributed by atoms with Gasteiger partial charge < -0.3 is 24.2 Å². The van der Waals surface area contributed by atoms with Gasteiger partial charge in [-0.2, -0.15) is 0 Å². The monoisotopic (exact) mass is 321 g/mol. The predicted molar refractivity (Wildman–Crippen MR) is 79.7 cm³/mol. The van der Waals surface area contributed by atoms with Crippen LogP contribution in [0.3, 0.4) is 0 Å². The quantitative estimate of drug-likeness (QED) is 0.879. The van der Waals surface area contributed by atoms with Crippen molar-refractivity contribution in [1.29, 1.82) is 0 Å². The minimum atomic E-state index is -1.000. The number of carboxylic acids is 1. The summed E-state index contributed by atoms with van der Waals surface area (Å²) in [5.74, 6) is 0.0534. The van der Waals surface area contributed by atoms with Crippen molar-refractivity contribution in [2.24, 2.45) is 0 Å². The summed E-state index contributed by atoms with van der Waals surface area (Å²) >= 11 is 0. The fraction of sp³-hybridized carbons (Fsp3) is 0.500. The Morgan fingerprint density at radius 2 is 2.04 bits per heavy atom. The lowest BCUT2D eigenvalue weighted by Crippen LogP contribution is -2.41. The molecule has 1 fully saturated rings. The molecule has 0 spiro atoms. The van der Waals surface area contributed by atoms with Crippen molar-refractivity contribution in [3.05, 3.63) is 23.8 Å². The van der Waals surface area contributed by atoms with Gasteiger partial charge in [0.2, 0.25) is 5.91 Å². The van der Waals surface area contributed by atoms with E-state index in [1.807, 2.05) is 0 Å². The van der Waals surface area contributed by atoms with Gasteiger partial charge in [0.25, 0.3) is 0 Å². The van der Waals surface area contributed by atoms with E-state index in [-0.39, 0.29) is 18.4 Å². The first-order chi connectivity index (χ1) is 11.1. The second kappa shape index (κ2) is 6.45. The predicted octanol–water partition coefficient (Wildman–Crippen LogP) is 0.701. The zero-order valence-electron chi connectivity index (χ0n) is 12.9. The Balaban J connectivity index is 1.72. The van der Waals surface area contributed by atoms with Gasteiger partial charge in [0.05, 0.1) is 12.5 Å². The highest BCUT2D eigenvalue weighted by molar-refractivity contribution is 5.85. The number of ether oxygens (including phenoxy) is 3. The molecule has 0 saturated carbocycles. The molecule has 0 bridgehead atoms. The molecule has 2 aliphatic heterocycles. The lowest BCUT2D eigenvalue weighted by Gasteiger charge is -2.22. The Hall–Kier alpha value is -2.28. The molecule has 2 heterocycles. The molecule has 2 aliphatic rings. The van der Waals surface area contributed by atoms with Crippen LogP contribution in [0.15, 0.2) is 18.2 Å². The number of hydrogen-bond acceptors (Lipinski definition) is 5. The maximum Gasteiger partial charge on any atom is 0.326 e. The fourth-order valence-corrected chi connectivity index (χ4v) is 2.95. The number of likely N-dealkylation sites (tertiary alicyclic amines) is 1. The van der Waals surface area contributed by atoms with Gasteiger partial charge in [-0.05, 0) is 17.7 Å². The zero-order valence-corrected chi connectivity index (χ0v) is 12.9. The first kappa shape index (κ1) is 15.6. The molecule has 0 aliphatic carbocycles. The maximum absolute atomic E-state index is 12.5. The molecule has 0 radical (unpaired) electrons. The molecular formula is C16H19NO6. The van der Waals surface area contributed by atoms with Gasteiger partial charge in [0.15, 0.2) is 11.5 Å². The number of carboxylic acid groups (broad SMARTS) is 1. The van der Waals surface area contributed by atoms with Gasteiger partial charge in [-0.15, -0.1) is 0 Å². The first-order valence-electron chi connectivity index (χ1n) is 7.52. The summed E-state index contributed by atoms with van der Waals surface area (Å²) in [7, 11) is 1.53. The van der Waals surface area contributed by atoms with Crippen LogP contribution in [-0.4, -0.2) is 60.9 Å². The molecule has 1 saturated heterocycles. The third-order valence-electron chi connectivity index (χ3n) is 4.16. The first-order valence-corrected chi connectivity index (χ1v) is 7.52. The molecule has 7 heteroatoms. The summed E-state index contributed by atoms with van der Waals surface area (Å²) in [5.41, 5.74) is 0.768. The van der Waals surface area contributed by atoms with Gasteiger partial charge in [-0.3, -0.25) is 4.79 Å². The Bertz CT molecular complexity index is 617. The molecule has 3 rings (SSSR count). The number of hydrogen-bond donors (Lipinski definition) is 1. The number of fused-ring (bicyclic) bond motifs is 1. The highest BCUT2D eigenvalue weighted by atomic mass is 16.6. The van der Waals surface area contributed by atoms with E-state index in [1.54, 1.807) is 18.2 Å². The summed E-state index contributed by atoms with van der Waals surface area (Å²) in [6, 6.07) is 4.51. The summed E-state index contributed by atoms with van der Waals surface area (Å²) < 4.78 is 16.1. The number of nitrogens with zero attached hydrogens (tertiary/aromatic N) is 1. The smallest absolute Gasteiger partial charge is 0.326 e. The fourth-order valence-electron chi connectivity index (χ4n) is 2.95. The minimum Gasteiger partial charge on any atom is -0.486 e. The highest BCUT2D eigenvalue weighted by Crippen LogP contribution is 2.31. The van der Waals surface area contributed by atoms with Crippen LogP contribution in [-0.2, 0) is 20.7 Å². The molecule has 0 aromatic heterocycles. The lowest BCUT2D eigenvalue weighted by atomic mass is 10.1. The van der Waals surface area contributed by atoms with E-state index in [0.29, 0.717) is 37.7 Å². The number of rotatable bonds is 4. The van der Waals surface area contributed by atoms with E-state index in [2.05, 4.69) is 0 Å². The van der Waals surface area contributed by atoms with Crippen molar-refractivity contribution >= 4 is 11.9 Å². The van der Waals surface area contributed by atoms with Crippen LogP contribution in [0.1, 0.15) is 12.0 Å². The average Bonchev–Trinajstić information content (AvgIpc) is 2.99. The Morgan fingerprint density at radius 3 is 2.74 bits per heavy atom. The van der Waals surface area contributed by atoms with E-state index in [0.717, 1.165) is 5.56 Å². The number of methoxy groups -OCH3 is 1. The van der Waals surface area contributed by atoms with Crippen molar-refractivity contribution in [3.63, 3.8) is 0 Å². The van der Waals surface area contributed by atoms with Gasteiger partial charge >= 0.3 is 5.97 Å². The molecular weight excluding hydrogens is 302 g/mol. The Kier molecular flexibility index (Phi) is 4.38. The topological polar surface area (TPSA) is 85.3 Å². The number of carbonyl (C=O) groups is 2. The summed E-state index contributed by atoms with van der Waals surface area (Å²) in [6.45, 7) is 1.29. The van der Waals surface area contributed by atoms with Crippen molar-refractivity contribution in [3.8, 4) is 11.5 Å². The van der Waals surface area contributed by atoms with Gasteiger partial charge in [-0.25, -0.2) is 4.79 Å². The van der Waals surface area contributed by atoms with Crippen molar-refractivity contribution in [2.75, 3.05) is 26.9 Å². The standard InChI is InChI=1S/C16H19NO6/c1-21-11-8-12(16(19)20)17(9-11)15(18)7-10-2-3-13-14(6-10)23-5-4-22-13/h2-3,6,11-12H,4-5,7-9H2,1H3,(H,19,20). The zero-order chi connectivity index (χ0) is 16.4. The third kappa shape index (κ3) is 3.24. The van der Waals surface area contributed by atoms with E-state index in [1.165, 1.54) is 12.0 Å². The molecule has 1 amide bonds. The number of amides is 1. The highest BCUT2D eigenvalue weighted by Gasteiger charge is 2.39. The molecule has 23 heavy (non-hydrogen) atoms. The third-order valence-corrected chi connectivity index (χ3v) is 4.16. The molecule has 1 aromatic carbocycles. The molecule has 2 atom stereocenters. The van der Waals surface area contributed by atoms with Crippen LogP contribution < -0.4 is 9.47 Å². The molecule has 2 unspecified atom stereocenters. The second-order valence-corrected chi connectivity index (χ2v) is 5.65. The van der Waals surface area contributed by atoms with Crippen LogP contribution in [0.4, 0.5) is 0 Å². The van der Waals surface area contributed by atoms with Gasteiger partial charge in [-0.1, -0.05) is 6.07 Å². The van der Waals surface area contributed by atoms with E-state index >= 15 is 0 Å². The maximum atomic E-state index is 12.5. The van der Waals surface area contributed by atoms with Gasteiger partial charge in [0.1, 0.15) is 19.3 Å². The van der Waals surface area contributed by atoms with Crippen LogP contribution >= 0.6 is 0 Å². The average molecular weight is 321 g/mol. The van der Waals surface area contributed by atoms with Crippen LogP contribution in [0.2, 0.25) is 0 Å². The Labute approximate surface area is 133 Å². The van der Waals surface area contributed by atoms with Crippen LogP contribution in [0.25, 0.3) is 0 Å². The second-order valence-electron chi connectivity index (χ2n) is 5.65. The SMILES string of the molecule is COC1CC(C(=O)O)N(C(=O)Cc2ccc3c(c2)OCCO3)C1. The summed E-state index contributed by atoms with van der Waals surface area (Å²) in [5, 5.41) is 9.28. The molecule has 7 nitrogen and oxygen atoms in total. The lowest BCUT2D eigenvalue weighted by molar-refractivity contribution is -0.148. The molecule has 1 aromatic rings. The van der Waals surface area contributed by atoms with E-state index < -0.39 is 12.0 Å².